The lowest BCUT2D eigenvalue weighted by Crippen LogP contribution is -2.69. The van der Waals surface area contributed by atoms with Crippen molar-refractivity contribution in [3.05, 3.63) is 35.4 Å². The van der Waals surface area contributed by atoms with Gasteiger partial charge in [0.1, 0.15) is 67.1 Å². The van der Waals surface area contributed by atoms with Crippen LogP contribution in [0.15, 0.2) is 24.3 Å². The van der Waals surface area contributed by atoms with Crippen LogP contribution in [-0.4, -0.2) is 181 Å². The fraction of sp³-hybridized carbons (Fsp3) is 0.700. The van der Waals surface area contributed by atoms with E-state index in [0.29, 0.717) is 0 Å². The van der Waals surface area contributed by atoms with Gasteiger partial charge in [0.15, 0.2) is 12.6 Å². The minimum absolute atomic E-state index is 0.191. The molecule has 50 heavy (non-hydrogen) atoms. The summed E-state index contributed by atoms with van der Waals surface area (Å²) >= 11 is 0. The number of imide groups is 1. The molecule has 1 aromatic carbocycles. The van der Waals surface area contributed by atoms with Crippen molar-refractivity contribution in [1.82, 2.24) is 10.2 Å². The number of hydrogen-bond acceptors (Lipinski definition) is 18. The van der Waals surface area contributed by atoms with E-state index in [9.17, 15) is 55.2 Å². The Kier molecular flexibility index (Phi) is 12.2. The summed E-state index contributed by atoms with van der Waals surface area (Å²) in [6.07, 6.45) is -21.3. The number of nitrogens with two attached hydrogens (primary N) is 3. The Bertz CT molecular complexity index is 1340. The zero-order chi connectivity index (χ0) is 36.6. The third-order valence-electron chi connectivity index (χ3n) is 9.57. The fourth-order valence-electron chi connectivity index (χ4n) is 6.60. The largest absolute Gasteiger partial charge is 0.394 e. The van der Waals surface area contributed by atoms with Gasteiger partial charge >= 0.3 is 0 Å². The SMILES string of the molecule is NC[C@H]1O[C@H](O[C@@H]2[C@@H](O)[C@H](O[C@H]3O[C@H](CO)[C@@H](O)[C@H](N)[C@H]3O)[C@@H](NC(=O)[C@H](O)CCN3C(=O)c4ccccc4C3=O)C[C@H]2N)[C@H](O)[C@@H](O)[C@@H]1O. The normalized spacial score (nSPS) is 41.2. The van der Waals surface area contributed by atoms with Crippen molar-refractivity contribution in [2.24, 2.45) is 17.2 Å². The molecule has 3 aliphatic heterocycles. The van der Waals surface area contributed by atoms with Gasteiger partial charge in [-0.05, 0) is 18.6 Å². The molecule has 3 fully saturated rings. The molecule has 3 heterocycles. The average molecular weight is 716 g/mol. The minimum Gasteiger partial charge on any atom is -0.394 e. The van der Waals surface area contributed by atoms with E-state index >= 15 is 0 Å². The van der Waals surface area contributed by atoms with Crippen LogP contribution in [0.5, 0.6) is 0 Å². The maximum Gasteiger partial charge on any atom is 0.261 e. The monoisotopic (exact) mass is 715 g/mol. The van der Waals surface area contributed by atoms with Crippen LogP contribution in [0.4, 0.5) is 0 Å². The van der Waals surface area contributed by atoms with Crippen LogP contribution in [-0.2, 0) is 23.7 Å². The lowest BCUT2D eigenvalue weighted by Gasteiger charge is -2.49. The minimum atomic E-state index is -1.82. The summed E-state index contributed by atoms with van der Waals surface area (Å²) in [6.45, 7) is -1.30. The second kappa shape index (κ2) is 15.9. The number of ether oxygens (including phenoxy) is 4. The number of fused-ring (bicyclic) bond motifs is 1. The molecule has 16 atom stereocenters. The molecule has 20 heteroatoms. The van der Waals surface area contributed by atoms with E-state index in [0.717, 1.165) is 4.90 Å². The molecule has 5 rings (SSSR count). The van der Waals surface area contributed by atoms with Gasteiger partial charge in [-0.1, -0.05) is 12.1 Å². The van der Waals surface area contributed by atoms with Gasteiger partial charge in [-0.3, -0.25) is 19.3 Å². The molecule has 0 radical (unpaired) electrons. The number of hydrogen-bond donors (Lipinski definition) is 12. The molecule has 1 aromatic rings. The Morgan fingerprint density at radius 3 is 2.04 bits per heavy atom. The summed E-state index contributed by atoms with van der Waals surface area (Å²) in [5, 5.41) is 86.5. The number of amides is 3. The molecule has 0 spiro atoms. The summed E-state index contributed by atoms with van der Waals surface area (Å²) in [4.78, 5) is 39.6. The lowest BCUT2D eigenvalue weighted by atomic mass is 9.83. The molecule has 0 bridgehead atoms. The summed E-state index contributed by atoms with van der Waals surface area (Å²) in [5.74, 6) is -2.17. The van der Waals surface area contributed by atoms with Crippen molar-refractivity contribution in [2.45, 2.75) is 111 Å². The van der Waals surface area contributed by atoms with E-state index in [2.05, 4.69) is 5.32 Å². The quantitative estimate of drug-likeness (QED) is 0.0947. The van der Waals surface area contributed by atoms with E-state index in [1.165, 1.54) is 12.1 Å². The van der Waals surface area contributed by atoms with Crippen molar-refractivity contribution >= 4 is 17.7 Å². The van der Waals surface area contributed by atoms with Crippen LogP contribution in [0, 0.1) is 0 Å². The van der Waals surface area contributed by atoms with Crippen LogP contribution >= 0.6 is 0 Å². The summed E-state index contributed by atoms with van der Waals surface area (Å²) < 4.78 is 22.7. The van der Waals surface area contributed by atoms with Gasteiger partial charge in [-0.25, -0.2) is 0 Å². The third-order valence-corrected chi connectivity index (χ3v) is 9.57. The molecule has 15 N–H and O–H groups in total. The van der Waals surface area contributed by atoms with Crippen LogP contribution < -0.4 is 22.5 Å². The molecular weight excluding hydrogens is 670 g/mol. The molecule has 3 amide bonds. The zero-order valence-corrected chi connectivity index (χ0v) is 26.7. The van der Waals surface area contributed by atoms with Gasteiger partial charge in [-0.15, -0.1) is 0 Å². The first-order valence-electron chi connectivity index (χ1n) is 16.2. The lowest BCUT2D eigenvalue weighted by molar-refractivity contribution is -0.332. The molecule has 2 saturated heterocycles. The van der Waals surface area contributed by atoms with Crippen molar-refractivity contribution in [3.63, 3.8) is 0 Å². The molecule has 20 nitrogen and oxygen atoms in total. The molecule has 1 saturated carbocycles. The highest BCUT2D eigenvalue weighted by Crippen LogP contribution is 2.32. The fourth-order valence-corrected chi connectivity index (χ4v) is 6.60. The third kappa shape index (κ3) is 7.42. The number of aliphatic hydroxyl groups is 8. The predicted octanol–water partition coefficient (Wildman–Crippen LogP) is -7.09. The van der Waals surface area contributed by atoms with Crippen LogP contribution in [0.3, 0.4) is 0 Å². The first-order chi connectivity index (χ1) is 23.7. The topological polar surface area (TPSA) is 343 Å². The second-order valence-corrected chi connectivity index (χ2v) is 12.9. The van der Waals surface area contributed by atoms with E-state index in [-0.39, 0.29) is 37.1 Å². The number of rotatable bonds is 11. The Balaban J connectivity index is 1.31. The number of nitrogens with zero attached hydrogens (tertiary/aromatic N) is 1. The van der Waals surface area contributed by atoms with Crippen molar-refractivity contribution in [1.29, 1.82) is 0 Å². The van der Waals surface area contributed by atoms with Crippen molar-refractivity contribution in [3.8, 4) is 0 Å². The van der Waals surface area contributed by atoms with Crippen molar-refractivity contribution in [2.75, 3.05) is 19.7 Å². The highest BCUT2D eigenvalue weighted by Gasteiger charge is 2.52. The smallest absolute Gasteiger partial charge is 0.261 e. The van der Waals surface area contributed by atoms with Gasteiger partial charge in [0.2, 0.25) is 5.91 Å². The van der Waals surface area contributed by atoms with Gasteiger partial charge in [0.05, 0.1) is 29.8 Å². The molecular formula is C30H45N5O15. The van der Waals surface area contributed by atoms with Gasteiger partial charge in [-0.2, -0.15) is 0 Å². The maximum atomic E-state index is 13.2. The average Bonchev–Trinajstić information content (AvgIpc) is 3.34. The van der Waals surface area contributed by atoms with Gasteiger partial charge in [0.25, 0.3) is 11.8 Å². The predicted molar refractivity (Wildman–Crippen MR) is 164 cm³/mol. The van der Waals surface area contributed by atoms with Gasteiger partial charge in [0, 0.05) is 25.6 Å². The van der Waals surface area contributed by atoms with Crippen molar-refractivity contribution < 1.29 is 74.2 Å². The van der Waals surface area contributed by atoms with E-state index in [1.807, 2.05) is 0 Å². The standard InChI is InChI=1S/C30H45N5O15/c31-8-15-19(39)21(41)22(42)30(47-15)49-24-12(32)7-13(25(23(24)43)50-29-20(40)17(33)18(38)16(9-36)48-29)34-26(44)14(37)5-6-35-27(45)10-3-1-2-4-11(10)28(35)46/h1-4,12-25,29-30,36-43H,5-9,31-33H2,(H,34,44)/t12-,13+,14-,15-,16-,17+,18-,19-,20-,21+,22-,23-,24+,25-,29-,30-/m1/s1. The molecule has 0 aromatic heterocycles. The number of aliphatic hydroxyl groups excluding tert-OH is 8. The van der Waals surface area contributed by atoms with Crippen LogP contribution in [0.1, 0.15) is 33.6 Å². The molecule has 4 aliphatic rings. The Morgan fingerprint density at radius 1 is 0.860 bits per heavy atom. The molecule has 0 unspecified atom stereocenters. The summed E-state index contributed by atoms with van der Waals surface area (Å²) in [7, 11) is 0. The first kappa shape index (κ1) is 38.5. The number of benzene rings is 1. The van der Waals surface area contributed by atoms with Crippen LogP contribution in [0.25, 0.3) is 0 Å². The van der Waals surface area contributed by atoms with Gasteiger partial charge < -0.3 is 82.3 Å². The molecule has 280 valence electrons. The second-order valence-electron chi connectivity index (χ2n) is 12.9. The zero-order valence-electron chi connectivity index (χ0n) is 26.7. The number of nitrogens with one attached hydrogen (secondary N) is 1. The Hall–Kier alpha value is -2.77. The highest BCUT2D eigenvalue weighted by atomic mass is 16.7. The summed E-state index contributed by atoms with van der Waals surface area (Å²) in [5.41, 5.74) is 18.2. The van der Waals surface area contributed by atoms with E-state index in [1.54, 1.807) is 12.1 Å². The summed E-state index contributed by atoms with van der Waals surface area (Å²) in [6, 6.07) is 2.41. The highest BCUT2D eigenvalue weighted by molar-refractivity contribution is 6.21. The number of carbonyl (C=O) groups excluding carboxylic acids is 3. The maximum absolute atomic E-state index is 13.2. The first-order valence-corrected chi connectivity index (χ1v) is 16.2. The number of carbonyl (C=O) groups is 3. The molecule has 1 aliphatic carbocycles. The Labute approximate surface area is 285 Å². The van der Waals surface area contributed by atoms with E-state index in [4.69, 9.17) is 36.1 Å². The van der Waals surface area contributed by atoms with E-state index < -0.39 is 122 Å². The Morgan fingerprint density at radius 2 is 1.44 bits per heavy atom. The van der Waals surface area contributed by atoms with Crippen LogP contribution in [0.2, 0.25) is 0 Å².